The number of aliphatic imine (C=N–C) groups is 1. The molecule has 2 N–H and O–H groups in total. The Hall–Kier alpha value is -2.37. The Morgan fingerprint density at radius 2 is 2.13 bits per heavy atom. The van der Waals surface area contributed by atoms with E-state index in [1.165, 1.54) is 6.07 Å². The van der Waals surface area contributed by atoms with Crippen molar-refractivity contribution in [3.63, 3.8) is 0 Å². The quantitative estimate of drug-likeness (QED) is 0.657. The maximum atomic E-state index is 13.4. The van der Waals surface area contributed by atoms with Crippen molar-refractivity contribution in [2.45, 2.75) is 25.8 Å². The second kappa shape index (κ2) is 7.26. The van der Waals surface area contributed by atoms with E-state index in [-0.39, 0.29) is 11.2 Å². The number of aryl methyl sites for hydroxylation is 1. The molecule has 0 unspecified atom stereocenters. The Kier molecular flexibility index (Phi) is 5.36. The zero-order chi connectivity index (χ0) is 16.9. The molecule has 0 aliphatic heterocycles. The molecular formula is C17H24FN5. The van der Waals surface area contributed by atoms with Crippen molar-refractivity contribution < 1.29 is 4.39 Å². The summed E-state index contributed by atoms with van der Waals surface area (Å²) in [6.45, 7) is 5.43. The van der Waals surface area contributed by atoms with Crippen LogP contribution in [0.5, 0.6) is 0 Å². The first-order valence-corrected chi connectivity index (χ1v) is 7.59. The van der Waals surface area contributed by atoms with Gasteiger partial charge in [-0.05, 0) is 17.7 Å². The van der Waals surface area contributed by atoms with Crippen LogP contribution in [0.25, 0.3) is 0 Å². The van der Waals surface area contributed by atoms with Crippen LogP contribution in [-0.4, -0.2) is 29.3 Å². The fourth-order valence-corrected chi connectivity index (χ4v) is 2.29. The van der Waals surface area contributed by atoms with Crippen molar-refractivity contribution in [3.8, 4) is 0 Å². The minimum absolute atomic E-state index is 0.213. The molecule has 124 valence electrons. The Balaban J connectivity index is 1.91. The zero-order valence-corrected chi connectivity index (χ0v) is 14.1. The number of hydrogen-bond donors (Lipinski definition) is 2. The zero-order valence-electron chi connectivity index (χ0n) is 14.1. The highest BCUT2D eigenvalue weighted by atomic mass is 19.1. The van der Waals surface area contributed by atoms with Gasteiger partial charge in [-0.2, -0.15) is 5.10 Å². The molecule has 1 aromatic heterocycles. The molecule has 1 heterocycles. The van der Waals surface area contributed by atoms with E-state index in [1.54, 1.807) is 23.9 Å². The van der Waals surface area contributed by atoms with E-state index in [1.807, 2.05) is 25.5 Å². The topological polar surface area (TPSA) is 54.2 Å². The average molecular weight is 317 g/mol. The summed E-state index contributed by atoms with van der Waals surface area (Å²) in [4.78, 5) is 4.22. The molecule has 0 saturated heterocycles. The standard InChI is InChI=1S/C17H24FN5/c1-17(2,14-6-5-7-15(18)8-14)12-21-16(19-3)20-9-13-10-22-23(4)11-13/h5-8,10-11H,9,12H2,1-4H3,(H2,19,20,21). The summed E-state index contributed by atoms with van der Waals surface area (Å²) in [5.74, 6) is 0.494. The fourth-order valence-electron chi connectivity index (χ4n) is 2.29. The van der Waals surface area contributed by atoms with Gasteiger partial charge >= 0.3 is 0 Å². The molecule has 5 nitrogen and oxygen atoms in total. The van der Waals surface area contributed by atoms with Crippen LogP contribution in [0.4, 0.5) is 4.39 Å². The van der Waals surface area contributed by atoms with Crippen LogP contribution < -0.4 is 10.6 Å². The molecule has 0 spiro atoms. The van der Waals surface area contributed by atoms with Gasteiger partial charge in [-0.15, -0.1) is 0 Å². The predicted octanol–water partition coefficient (Wildman–Crippen LogP) is 2.20. The van der Waals surface area contributed by atoms with Crippen LogP contribution >= 0.6 is 0 Å². The number of aromatic nitrogens is 2. The maximum Gasteiger partial charge on any atom is 0.191 e. The Bertz CT molecular complexity index is 675. The van der Waals surface area contributed by atoms with Crippen molar-refractivity contribution >= 4 is 5.96 Å². The summed E-state index contributed by atoms with van der Waals surface area (Å²) >= 11 is 0. The summed E-state index contributed by atoms with van der Waals surface area (Å²) < 4.78 is 15.2. The van der Waals surface area contributed by atoms with Crippen molar-refractivity contribution in [2.24, 2.45) is 12.0 Å². The number of nitrogens with one attached hydrogen (secondary N) is 2. The molecule has 0 amide bonds. The largest absolute Gasteiger partial charge is 0.356 e. The molecule has 2 rings (SSSR count). The van der Waals surface area contributed by atoms with E-state index >= 15 is 0 Å². The molecule has 1 aromatic carbocycles. The maximum absolute atomic E-state index is 13.4. The number of benzene rings is 1. The van der Waals surface area contributed by atoms with Crippen molar-refractivity contribution in [1.29, 1.82) is 0 Å². The third-order valence-corrected chi connectivity index (χ3v) is 3.75. The lowest BCUT2D eigenvalue weighted by atomic mass is 9.84. The highest BCUT2D eigenvalue weighted by Crippen LogP contribution is 2.22. The van der Waals surface area contributed by atoms with Crippen molar-refractivity contribution in [2.75, 3.05) is 13.6 Å². The SMILES string of the molecule is CN=C(NCc1cnn(C)c1)NCC(C)(C)c1cccc(F)c1. The van der Waals surface area contributed by atoms with Crippen LogP contribution in [0.2, 0.25) is 0 Å². The number of guanidine groups is 1. The molecule has 0 saturated carbocycles. The third-order valence-electron chi connectivity index (χ3n) is 3.75. The summed E-state index contributed by atoms with van der Waals surface area (Å²) in [5, 5.41) is 10.7. The molecule has 6 heteroatoms. The van der Waals surface area contributed by atoms with Crippen molar-refractivity contribution in [1.82, 2.24) is 20.4 Å². The normalized spacial score (nSPS) is 12.3. The van der Waals surface area contributed by atoms with E-state index in [0.29, 0.717) is 19.0 Å². The first-order valence-electron chi connectivity index (χ1n) is 7.59. The average Bonchev–Trinajstić information content (AvgIpc) is 2.93. The van der Waals surface area contributed by atoms with E-state index in [2.05, 4.69) is 34.6 Å². The van der Waals surface area contributed by atoms with Gasteiger partial charge in [0.1, 0.15) is 5.82 Å². The van der Waals surface area contributed by atoms with E-state index in [4.69, 9.17) is 0 Å². The highest BCUT2D eigenvalue weighted by molar-refractivity contribution is 5.79. The summed E-state index contributed by atoms with van der Waals surface area (Å²) in [5.41, 5.74) is 1.82. The first-order chi connectivity index (χ1) is 10.9. The number of nitrogens with zero attached hydrogens (tertiary/aromatic N) is 3. The first kappa shape index (κ1) is 17.0. The van der Waals surface area contributed by atoms with Gasteiger partial charge in [0.15, 0.2) is 5.96 Å². The Morgan fingerprint density at radius 3 is 2.74 bits per heavy atom. The lowest BCUT2D eigenvalue weighted by Gasteiger charge is -2.26. The van der Waals surface area contributed by atoms with Gasteiger partial charge in [-0.1, -0.05) is 26.0 Å². The van der Waals surface area contributed by atoms with E-state index < -0.39 is 0 Å². The molecule has 0 atom stereocenters. The molecule has 0 aliphatic rings. The lowest BCUT2D eigenvalue weighted by molar-refractivity contribution is 0.503. The summed E-state index contributed by atoms with van der Waals surface area (Å²) in [6.07, 6.45) is 3.77. The molecule has 0 fully saturated rings. The highest BCUT2D eigenvalue weighted by Gasteiger charge is 2.21. The van der Waals surface area contributed by atoms with Gasteiger partial charge < -0.3 is 10.6 Å². The van der Waals surface area contributed by atoms with Gasteiger partial charge in [0, 0.05) is 44.4 Å². The number of hydrogen-bond acceptors (Lipinski definition) is 2. The van der Waals surface area contributed by atoms with Crippen molar-refractivity contribution in [3.05, 3.63) is 53.6 Å². The van der Waals surface area contributed by atoms with E-state index in [9.17, 15) is 4.39 Å². The molecule has 23 heavy (non-hydrogen) atoms. The molecule has 2 aromatic rings. The van der Waals surface area contributed by atoms with Gasteiger partial charge in [0.2, 0.25) is 0 Å². The monoisotopic (exact) mass is 317 g/mol. The van der Waals surface area contributed by atoms with Crippen LogP contribution in [0.3, 0.4) is 0 Å². The molecule has 0 radical (unpaired) electrons. The number of rotatable bonds is 5. The molecular weight excluding hydrogens is 293 g/mol. The van der Waals surface area contributed by atoms with Crippen LogP contribution in [0.15, 0.2) is 41.7 Å². The van der Waals surface area contributed by atoms with Gasteiger partial charge in [-0.25, -0.2) is 4.39 Å². The van der Waals surface area contributed by atoms with Crippen LogP contribution in [-0.2, 0) is 19.0 Å². The summed E-state index contributed by atoms with van der Waals surface area (Å²) in [7, 11) is 3.62. The third kappa shape index (κ3) is 4.81. The molecule has 0 aliphatic carbocycles. The van der Waals surface area contributed by atoms with Gasteiger partial charge in [0.25, 0.3) is 0 Å². The lowest BCUT2D eigenvalue weighted by Crippen LogP contribution is -2.43. The minimum atomic E-state index is -0.214. The predicted molar refractivity (Wildman–Crippen MR) is 90.8 cm³/mol. The van der Waals surface area contributed by atoms with Crippen LogP contribution in [0.1, 0.15) is 25.0 Å². The second-order valence-electron chi connectivity index (χ2n) is 6.20. The summed E-state index contributed by atoms with van der Waals surface area (Å²) in [6, 6.07) is 6.72. The van der Waals surface area contributed by atoms with Gasteiger partial charge in [-0.3, -0.25) is 9.67 Å². The Morgan fingerprint density at radius 1 is 1.35 bits per heavy atom. The smallest absolute Gasteiger partial charge is 0.191 e. The van der Waals surface area contributed by atoms with Gasteiger partial charge in [0.05, 0.1) is 6.20 Å². The fraction of sp³-hybridized carbons (Fsp3) is 0.412. The van der Waals surface area contributed by atoms with E-state index in [0.717, 1.165) is 11.1 Å². The second-order valence-corrected chi connectivity index (χ2v) is 6.20. The van der Waals surface area contributed by atoms with Crippen LogP contribution in [0, 0.1) is 5.82 Å². The number of halogens is 1. The Labute approximate surface area is 136 Å². The minimum Gasteiger partial charge on any atom is -0.356 e. The molecule has 0 bridgehead atoms.